The quantitative estimate of drug-likeness (QED) is 0.864. The van der Waals surface area contributed by atoms with Gasteiger partial charge >= 0.3 is 0 Å². The number of carbonyl (C=O) groups excluding carboxylic acids is 2. The highest BCUT2D eigenvalue weighted by molar-refractivity contribution is 8.16. The molecule has 2 N–H and O–H groups in total. The first kappa shape index (κ1) is 14.1. The van der Waals surface area contributed by atoms with E-state index in [1.54, 1.807) is 30.0 Å². The molecule has 2 amide bonds. The van der Waals surface area contributed by atoms with E-state index in [0.717, 1.165) is 24.0 Å². The second kappa shape index (κ2) is 5.62. The summed E-state index contributed by atoms with van der Waals surface area (Å²) >= 11 is 1.59. The summed E-state index contributed by atoms with van der Waals surface area (Å²) < 4.78 is 5.33. The van der Waals surface area contributed by atoms with E-state index in [9.17, 15) is 9.59 Å². The van der Waals surface area contributed by atoms with Crippen LogP contribution in [0.25, 0.3) is 0 Å². The van der Waals surface area contributed by atoms with E-state index in [-0.39, 0.29) is 18.4 Å². The summed E-state index contributed by atoms with van der Waals surface area (Å²) in [6.07, 6.45) is 0. The largest absolute Gasteiger partial charge is 0.482 e. The second-order valence-electron chi connectivity index (χ2n) is 5.27. The molecule has 0 atom stereocenters. The summed E-state index contributed by atoms with van der Waals surface area (Å²) in [5.41, 5.74) is 2.15. The van der Waals surface area contributed by atoms with Crippen molar-refractivity contribution in [1.82, 2.24) is 10.2 Å². The maximum atomic E-state index is 12.3. The van der Waals surface area contributed by atoms with Crippen LogP contribution in [0.2, 0.25) is 0 Å². The minimum absolute atomic E-state index is 0.0285. The van der Waals surface area contributed by atoms with Crippen LogP contribution in [-0.2, 0) is 4.79 Å². The van der Waals surface area contributed by atoms with Crippen LogP contribution in [0.4, 0.5) is 5.69 Å². The van der Waals surface area contributed by atoms with Crippen molar-refractivity contribution in [1.29, 1.82) is 0 Å². The number of hydrogen-bond acceptors (Lipinski definition) is 6. The number of carbonyl (C=O) groups is 2. The Morgan fingerprint density at radius 3 is 3.30 bits per heavy atom. The van der Waals surface area contributed by atoms with Crippen molar-refractivity contribution >= 4 is 34.4 Å². The van der Waals surface area contributed by atoms with Crippen LogP contribution < -0.4 is 15.4 Å². The number of hydrogen-bond donors (Lipinski definition) is 2. The topological polar surface area (TPSA) is 83.0 Å². The second-order valence-corrected chi connectivity index (χ2v) is 6.11. The molecule has 1 aromatic carbocycles. The fraction of sp³-hybridized carbons (Fsp3) is 0.267. The smallest absolute Gasteiger partial charge is 0.262 e. The van der Waals surface area contributed by atoms with Gasteiger partial charge in [-0.1, -0.05) is 11.8 Å². The maximum absolute atomic E-state index is 12.3. The Labute approximate surface area is 136 Å². The van der Waals surface area contributed by atoms with Gasteiger partial charge in [0.05, 0.1) is 18.8 Å². The van der Waals surface area contributed by atoms with Gasteiger partial charge in [0.2, 0.25) is 0 Å². The molecule has 118 valence electrons. The third kappa shape index (κ3) is 2.65. The number of benzene rings is 1. The molecule has 3 heterocycles. The lowest BCUT2D eigenvalue weighted by Crippen LogP contribution is -2.32. The molecule has 0 bridgehead atoms. The van der Waals surface area contributed by atoms with Gasteiger partial charge in [-0.15, -0.1) is 0 Å². The van der Waals surface area contributed by atoms with Crippen molar-refractivity contribution < 1.29 is 14.3 Å². The first-order valence-electron chi connectivity index (χ1n) is 7.23. The van der Waals surface area contributed by atoms with E-state index < -0.39 is 0 Å². The highest BCUT2D eigenvalue weighted by Gasteiger charge is 2.26. The lowest BCUT2D eigenvalue weighted by Gasteiger charge is -2.19. The van der Waals surface area contributed by atoms with Crippen molar-refractivity contribution in [2.24, 2.45) is 4.99 Å². The summed E-state index contributed by atoms with van der Waals surface area (Å²) in [4.78, 5) is 30.1. The molecule has 8 heteroatoms. The number of thioether (sulfide) groups is 1. The Balaban J connectivity index is 1.42. The zero-order chi connectivity index (χ0) is 15.8. The van der Waals surface area contributed by atoms with Crippen LogP contribution in [0.15, 0.2) is 34.3 Å². The number of amides is 2. The van der Waals surface area contributed by atoms with Crippen LogP contribution in [0.1, 0.15) is 10.4 Å². The number of fused-ring (bicyclic) bond motifs is 2. The van der Waals surface area contributed by atoms with E-state index in [4.69, 9.17) is 4.74 Å². The molecule has 0 saturated heterocycles. The molecule has 3 aliphatic heterocycles. The van der Waals surface area contributed by atoms with Crippen LogP contribution in [0, 0.1) is 0 Å². The monoisotopic (exact) mass is 330 g/mol. The summed E-state index contributed by atoms with van der Waals surface area (Å²) in [6, 6.07) is 4.99. The Bertz CT molecular complexity index is 759. The first-order chi connectivity index (χ1) is 11.2. The van der Waals surface area contributed by atoms with Crippen LogP contribution >= 0.6 is 11.8 Å². The zero-order valence-corrected chi connectivity index (χ0v) is 13.0. The molecule has 0 saturated carbocycles. The van der Waals surface area contributed by atoms with Gasteiger partial charge in [-0.2, -0.15) is 0 Å². The van der Waals surface area contributed by atoms with Crippen LogP contribution in [0.5, 0.6) is 5.75 Å². The molecule has 0 unspecified atom stereocenters. The Kier molecular flexibility index (Phi) is 3.45. The lowest BCUT2D eigenvalue weighted by atomic mass is 10.1. The number of anilines is 1. The van der Waals surface area contributed by atoms with Gasteiger partial charge in [-0.25, -0.2) is 0 Å². The highest BCUT2D eigenvalue weighted by Crippen LogP contribution is 2.30. The van der Waals surface area contributed by atoms with Gasteiger partial charge in [0.15, 0.2) is 11.8 Å². The molecule has 0 fully saturated rings. The number of nitrogens with zero attached hydrogens (tertiary/aromatic N) is 2. The van der Waals surface area contributed by atoms with Crippen molar-refractivity contribution in [2.45, 2.75) is 0 Å². The van der Waals surface area contributed by atoms with Gasteiger partial charge in [0.1, 0.15) is 5.75 Å². The average Bonchev–Trinajstić information content (AvgIpc) is 3.16. The Morgan fingerprint density at radius 1 is 1.48 bits per heavy atom. The van der Waals surface area contributed by atoms with Gasteiger partial charge < -0.3 is 20.3 Å². The minimum Gasteiger partial charge on any atom is -0.482 e. The molecule has 1 aromatic rings. The highest BCUT2D eigenvalue weighted by atomic mass is 32.2. The summed E-state index contributed by atoms with van der Waals surface area (Å²) in [7, 11) is 0. The van der Waals surface area contributed by atoms with E-state index >= 15 is 0 Å². The number of ether oxygens (including phenoxy) is 1. The number of aliphatic imine (C=N–C) groups is 1. The first-order valence-corrected chi connectivity index (χ1v) is 8.11. The van der Waals surface area contributed by atoms with E-state index in [2.05, 4.69) is 20.5 Å². The van der Waals surface area contributed by atoms with Crippen molar-refractivity contribution in [3.63, 3.8) is 0 Å². The molecular formula is C15H14N4O3S. The molecule has 3 aliphatic rings. The third-order valence-corrected chi connectivity index (χ3v) is 4.71. The summed E-state index contributed by atoms with van der Waals surface area (Å²) in [6.45, 7) is 2.11. The molecule has 23 heavy (non-hydrogen) atoms. The van der Waals surface area contributed by atoms with E-state index in [1.165, 1.54) is 0 Å². The predicted octanol–water partition coefficient (Wildman–Crippen LogP) is 1.01. The zero-order valence-electron chi connectivity index (χ0n) is 12.2. The lowest BCUT2D eigenvalue weighted by molar-refractivity contribution is -0.118. The van der Waals surface area contributed by atoms with E-state index in [0.29, 0.717) is 23.5 Å². The number of rotatable bonds is 3. The molecule has 4 rings (SSSR count). The van der Waals surface area contributed by atoms with Crippen LogP contribution in [-0.4, -0.2) is 48.1 Å². The van der Waals surface area contributed by atoms with Gasteiger partial charge in [0, 0.05) is 23.2 Å². The Hall–Kier alpha value is -2.48. The fourth-order valence-electron chi connectivity index (χ4n) is 2.60. The molecule has 0 aromatic heterocycles. The van der Waals surface area contributed by atoms with Crippen LogP contribution in [0.3, 0.4) is 0 Å². The standard InChI is InChI=1S/C15H14N4O3S/c20-13-7-22-12-5-9(1-2-11(12)18-13)14(21)17-6-10-8-23-15-16-3-4-19(10)15/h1-2,5,8H,3-4,6-7H2,(H,17,21)(H,18,20). The Morgan fingerprint density at radius 2 is 2.39 bits per heavy atom. The normalized spacial score (nSPS) is 18.4. The third-order valence-electron chi connectivity index (χ3n) is 3.76. The minimum atomic E-state index is -0.191. The van der Waals surface area contributed by atoms with Crippen molar-refractivity contribution in [3.8, 4) is 5.75 Å². The van der Waals surface area contributed by atoms with E-state index in [1.807, 2.05) is 5.41 Å². The summed E-state index contributed by atoms with van der Waals surface area (Å²) in [5, 5.41) is 8.63. The SMILES string of the molecule is O=C1COc2cc(C(=O)NCC3=CSC4=NCCN34)ccc2N1. The summed E-state index contributed by atoms with van der Waals surface area (Å²) in [5.74, 6) is 0.147. The number of nitrogens with one attached hydrogen (secondary N) is 2. The maximum Gasteiger partial charge on any atom is 0.262 e. The predicted molar refractivity (Wildman–Crippen MR) is 87.6 cm³/mol. The molecule has 0 radical (unpaired) electrons. The molecule has 0 aliphatic carbocycles. The number of amidine groups is 1. The van der Waals surface area contributed by atoms with Gasteiger partial charge in [-0.3, -0.25) is 14.6 Å². The van der Waals surface area contributed by atoms with Crippen molar-refractivity contribution in [2.75, 3.05) is 31.6 Å². The van der Waals surface area contributed by atoms with Gasteiger partial charge in [-0.05, 0) is 18.2 Å². The molecule has 0 spiro atoms. The van der Waals surface area contributed by atoms with Crippen molar-refractivity contribution in [3.05, 3.63) is 34.9 Å². The molecule has 7 nitrogen and oxygen atoms in total. The average molecular weight is 330 g/mol. The molecular weight excluding hydrogens is 316 g/mol. The van der Waals surface area contributed by atoms with Gasteiger partial charge in [0.25, 0.3) is 11.8 Å². The fourth-order valence-corrected chi connectivity index (χ4v) is 3.56.